The van der Waals surface area contributed by atoms with Gasteiger partial charge in [-0.2, -0.15) is 0 Å². The Balaban J connectivity index is 0.000000336. The van der Waals surface area contributed by atoms with Gasteiger partial charge in [-0.25, -0.2) is 0 Å². The predicted octanol–water partition coefficient (Wildman–Crippen LogP) is 9.90. The lowest BCUT2D eigenvalue weighted by molar-refractivity contribution is 0.331. The lowest BCUT2D eigenvalue weighted by Crippen LogP contribution is -2.27. The number of aryl methyl sites for hydroxylation is 1. The molecule has 2 aliphatic carbocycles. The van der Waals surface area contributed by atoms with Gasteiger partial charge in [-0.05, 0) is 74.8 Å². The first-order valence-electron chi connectivity index (χ1n) is 14.9. The minimum atomic E-state index is 0.830. The average molecular weight is 523 g/mol. The highest BCUT2D eigenvalue weighted by Crippen LogP contribution is 2.39. The van der Waals surface area contributed by atoms with Gasteiger partial charge >= 0.3 is 0 Å². The van der Waals surface area contributed by atoms with Crippen LogP contribution in [0.3, 0.4) is 0 Å². The monoisotopic (exact) mass is 522 g/mol. The van der Waals surface area contributed by atoms with Gasteiger partial charge in [0.25, 0.3) is 0 Å². The summed E-state index contributed by atoms with van der Waals surface area (Å²) >= 11 is 4.66. The smallest absolute Gasteiger partial charge is 0.0413 e. The standard InChI is InChI=1S/C22H28N2S.C10H20.C2H6/c1-14(2)21(19-8-6-5-7-15(19)3)22(17-9-10-17)24-13-18-12-23-16(4)11-20(18)25;1-2-3-7-10-8-5-4-6-9-10;1-2/h5-8,11,23-25H,9-10,12-13H2,1-4H3;10H,2-9H2,1H3;1-2H3. The number of hydrogen-bond donors (Lipinski definition) is 3. The van der Waals surface area contributed by atoms with Gasteiger partial charge in [-0.15, -0.1) is 12.6 Å². The van der Waals surface area contributed by atoms with Crippen molar-refractivity contribution in [1.29, 1.82) is 0 Å². The van der Waals surface area contributed by atoms with Crippen LogP contribution in [0.1, 0.15) is 117 Å². The summed E-state index contributed by atoms with van der Waals surface area (Å²) < 4.78 is 0. The molecular weight excluding hydrogens is 468 g/mol. The summed E-state index contributed by atoms with van der Waals surface area (Å²) in [6.07, 6.45) is 16.4. The third kappa shape index (κ3) is 10.4. The first-order valence-corrected chi connectivity index (χ1v) is 15.4. The van der Waals surface area contributed by atoms with E-state index in [2.05, 4.69) is 88.2 Å². The Morgan fingerprint density at radius 2 is 1.70 bits per heavy atom. The zero-order chi connectivity index (χ0) is 27.2. The van der Waals surface area contributed by atoms with E-state index < -0.39 is 0 Å². The van der Waals surface area contributed by atoms with Crippen molar-refractivity contribution in [2.24, 2.45) is 5.92 Å². The molecule has 0 amide bonds. The molecule has 37 heavy (non-hydrogen) atoms. The third-order valence-electron chi connectivity index (χ3n) is 7.48. The summed E-state index contributed by atoms with van der Waals surface area (Å²) in [5.74, 6) is 1.11. The molecule has 206 valence electrons. The zero-order valence-electron chi connectivity index (χ0n) is 24.9. The maximum atomic E-state index is 4.66. The van der Waals surface area contributed by atoms with Crippen molar-refractivity contribution >= 4 is 18.2 Å². The van der Waals surface area contributed by atoms with E-state index in [1.54, 1.807) is 0 Å². The van der Waals surface area contributed by atoms with Crippen molar-refractivity contribution in [2.75, 3.05) is 13.1 Å². The molecule has 0 radical (unpaired) electrons. The number of allylic oxidation sites excluding steroid dienone is 5. The summed E-state index contributed by atoms with van der Waals surface area (Å²) in [6, 6.07) is 8.67. The van der Waals surface area contributed by atoms with E-state index in [0.717, 1.165) is 23.9 Å². The second-order valence-electron chi connectivity index (χ2n) is 10.8. The molecule has 0 spiro atoms. The molecule has 0 atom stereocenters. The molecule has 2 N–H and O–H groups in total. The van der Waals surface area contributed by atoms with Gasteiger partial charge in [-0.3, -0.25) is 0 Å². The van der Waals surface area contributed by atoms with E-state index in [1.165, 1.54) is 109 Å². The molecule has 2 nitrogen and oxygen atoms in total. The number of rotatable bonds is 8. The zero-order valence-corrected chi connectivity index (χ0v) is 25.8. The van der Waals surface area contributed by atoms with Crippen LogP contribution in [-0.2, 0) is 0 Å². The van der Waals surface area contributed by atoms with Gasteiger partial charge in [0.2, 0.25) is 0 Å². The molecule has 2 fully saturated rings. The van der Waals surface area contributed by atoms with Crippen LogP contribution >= 0.6 is 12.6 Å². The van der Waals surface area contributed by atoms with Gasteiger partial charge in [0.15, 0.2) is 0 Å². The molecule has 1 heterocycles. The van der Waals surface area contributed by atoms with Gasteiger partial charge in [-0.1, -0.05) is 102 Å². The molecule has 4 rings (SSSR count). The van der Waals surface area contributed by atoms with Crippen molar-refractivity contribution in [1.82, 2.24) is 10.6 Å². The lowest BCUT2D eigenvalue weighted by atomic mass is 9.86. The Morgan fingerprint density at radius 3 is 2.27 bits per heavy atom. The van der Waals surface area contributed by atoms with E-state index in [-0.39, 0.29) is 0 Å². The maximum absolute atomic E-state index is 4.66. The number of unbranched alkanes of at least 4 members (excludes halogenated alkanes) is 1. The van der Waals surface area contributed by atoms with Crippen molar-refractivity contribution in [3.63, 3.8) is 0 Å². The fourth-order valence-electron chi connectivity index (χ4n) is 5.22. The first kappa shape index (κ1) is 31.3. The van der Waals surface area contributed by atoms with Gasteiger partial charge in [0, 0.05) is 35.0 Å². The summed E-state index contributed by atoms with van der Waals surface area (Å²) in [5, 5.41) is 7.16. The Labute approximate surface area is 234 Å². The van der Waals surface area contributed by atoms with E-state index >= 15 is 0 Å². The molecule has 1 aliphatic heterocycles. The van der Waals surface area contributed by atoms with E-state index in [1.807, 2.05) is 13.8 Å². The van der Waals surface area contributed by atoms with Crippen LogP contribution in [0.2, 0.25) is 0 Å². The molecule has 0 bridgehead atoms. The normalized spacial score (nSPS) is 16.9. The van der Waals surface area contributed by atoms with Crippen LogP contribution in [-0.4, -0.2) is 13.1 Å². The molecular formula is C34H54N2S. The van der Waals surface area contributed by atoms with Crippen LogP contribution in [0.25, 0.3) is 5.57 Å². The highest BCUT2D eigenvalue weighted by molar-refractivity contribution is 7.84. The number of dihydropyridines is 1. The minimum absolute atomic E-state index is 0.830. The quantitative estimate of drug-likeness (QED) is 0.296. The first-order chi connectivity index (χ1) is 17.9. The second-order valence-corrected chi connectivity index (χ2v) is 11.3. The molecule has 2 saturated carbocycles. The summed E-state index contributed by atoms with van der Waals surface area (Å²) in [4.78, 5) is 1.08. The molecule has 0 saturated heterocycles. The van der Waals surface area contributed by atoms with E-state index in [9.17, 15) is 0 Å². The summed E-state index contributed by atoms with van der Waals surface area (Å²) in [5.41, 5.74) is 10.7. The summed E-state index contributed by atoms with van der Waals surface area (Å²) in [6.45, 7) is 16.7. The highest BCUT2D eigenvalue weighted by atomic mass is 32.1. The van der Waals surface area contributed by atoms with Crippen LogP contribution in [0.15, 0.2) is 63.4 Å². The molecule has 0 aromatic heterocycles. The number of benzene rings is 1. The molecule has 1 aromatic rings. The topological polar surface area (TPSA) is 24.1 Å². The minimum Gasteiger partial charge on any atom is -0.385 e. The Hall–Kier alpha value is -1.87. The van der Waals surface area contributed by atoms with Gasteiger partial charge < -0.3 is 10.6 Å². The van der Waals surface area contributed by atoms with Gasteiger partial charge in [0.1, 0.15) is 0 Å². The number of thiol groups is 1. The van der Waals surface area contributed by atoms with E-state index in [4.69, 9.17) is 0 Å². The van der Waals surface area contributed by atoms with Crippen LogP contribution in [0, 0.1) is 12.8 Å². The predicted molar refractivity (Wildman–Crippen MR) is 169 cm³/mol. The molecule has 3 heteroatoms. The fourth-order valence-corrected chi connectivity index (χ4v) is 5.57. The summed E-state index contributed by atoms with van der Waals surface area (Å²) in [7, 11) is 0. The fraction of sp³-hybridized carbons (Fsp3) is 0.588. The highest BCUT2D eigenvalue weighted by Gasteiger charge is 2.23. The molecule has 3 aliphatic rings. The maximum Gasteiger partial charge on any atom is 0.0413 e. The van der Waals surface area contributed by atoms with Crippen LogP contribution in [0.5, 0.6) is 0 Å². The van der Waals surface area contributed by atoms with Crippen LogP contribution in [0.4, 0.5) is 0 Å². The van der Waals surface area contributed by atoms with Crippen molar-refractivity contribution in [3.05, 3.63) is 74.5 Å². The number of hydrogen-bond acceptors (Lipinski definition) is 3. The molecule has 0 unspecified atom stereocenters. The van der Waals surface area contributed by atoms with Crippen LogP contribution < -0.4 is 10.6 Å². The Kier molecular flexibility index (Phi) is 14.3. The van der Waals surface area contributed by atoms with Gasteiger partial charge in [0.05, 0.1) is 0 Å². The lowest BCUT2D eigenvalue weighted by Gasteiger charge is -2.22. The van der Waals surface area contributed by atoms with Crippen molar-refractivity contribution < 1.29 is 0 Å². The molecule has 1 aromatic carbocycles. The third-order valence-corrected chi connectivity index (χ3v) is 7.93. The van der Waals surface area contributed by atoms with Crippen molar-refractivity contribution in [2.45, 2.75) is 113 Å². The van der Waals surface area contributed by atoms with E-state index in [0.29, 0.717) is 0 Å². The Bertz CT molecular complexity index is 963. The second kappa shape index (κ2) is 16.9. The van der Waals surface area contributed by atoms with Crippen molar-refractivity contribution in [3.8, 4) is 0 Å². The SMILES string of the molecule is CC.CC1=CC(S)=C(CNC(=C2CC2)C(=C(C)C)c2ccccc2C)CN1.CCCCC1CCCCC1. The average Bonchev–Trinajstić information content (AvgIpc) is 3.74. The largest absolute Gasteiger partial charge is 0.385 e. The number of nitrogens with one attached hydrogen (secondary N) is 2. The Morgan fingerprint density at radius 1 is 1.03 bits per heavy atom.